The molecule has 0 unspecified atom stereocenters. The van der Waals surface area contributed by atoms with Crippen LogP contribution in [0.25, 0.3) is 5.57 Å². The number of rotatable bonds is 3. The smallest absolute Gasteiger partial charge is 0.348 e. The predicted octanol–water partition coefficient (Wildman–Crippen LogP) is 3.45. The fraction of sp³-hybridized carbons (Fsp3) is 0.389. The third-order valence-electron chi connectivity index (χ3n) is 3.93. The van der Waals surface area contributed by atoms with E-state index in [2.05, 4.69) is 16.7 Å². The molecule has 1 aromatic rings. The van der Waals surface area contributed by atoms with Crippen molar-refractivity contribution in [3.8, 4) is 11.7 Å². The van der Waals surface area contributed by atoms with E-state index < -0.39 is 7.12 Å². The lowest BCUT2D eigenvalue weighted by molar-refractivity contribution is 0.801. The molecule has 0 spiro atoms. The zero-order valence-electron chi connectivity index (χ0n) is 14.5. The summed E-state index contributed by atoms with van der Waals surface area (Å²) in [5.41, 5.74) is 12.1. The van der Waals surface area contributed by atoms with Crippen molar-refractivity contribution in [3.63, 3.8) is 0 Å². The predicted molar refractivity (Wildman–Crippen MR) is 97.1 cm³/mol. The van der Waals surface area contributed by atoms with E-state index in [1.165, 1.54) is 0 Å². The maximum Gasteiger partial charge on any atom is 0.551 e. The van der Waals surface area contributed by atoms with Gasteiger partial charge in [-0.15, -0.1) is 5.92 Å². The molecule has 3 nitrogen and oxygen atoms in total. The van der Waals surface area contributed by atoms with Crippen LogP contribution in [0.1, 0.15) is 44.1 Å². The van der Waals surface area contributed by atoms with Crippen LogP contribution < -0.4 is 5.73 Å². The summed E-state index contributed by atoms with van der Waals surface area (Å²) in [5.74, 6) is 5.45. The third kappa shape index (κ3) is 3.48. The second kappa shape index (κ2) is 7.01. The average Bonchev–Trinajstić information content (AvgIpc) is 2.96. The zero-order chi connectivity index (χ0) is 17.1. The first-order chi connectivity index (χ1) is 10.9. The maximum atomic E-state index is 14.7. The Morgan fingerprint density at radius 2 is 2.04 bits per heavy atom. The first-order valence-electron chi connectivity index (χ1n) is 7.83. The molecule has 23 heavy (non-hydrogen) atoms. The molecule has 0 radical (unpaired) electrons. The van der Waals surface area contributed by atoms with Gasteiger partial charge in [-0.2, -0.15) is 0 Å². The van der Waals surface area contributed by atoms with Crippen LogP contribution in [0.15, 0.2) is 28.4 Å². The molecule has 1 aromatic heterocycles. The third-order valence-corrected chi connectivity index (χ3v) is 3.93. The average molecular weight is 311 g/mol. The molecule has 0 atom stereocenters. The summed E-state index contributed by atoms with van der Waals surface area (Å²) in [6.07, 6.45) is 2.54. The molecule has 5 heteroatoms. The lowest BCUT2D eigenvalue weighted by Crippen LogP contribution is -2.21. The highest BCUT2D eigenvalue weighted by atomic mass is 19.1. The molecule has 0 saturated heterocycles. The second-order valence-corrected chi connectivity index (χ2v) is 5.94. The minimum Gasteiger partial charge on any atom is -0.348 e. The molecule has 0 aliphatic carbocycles. The number of hydrogen-bond donors (Lipinski definition) is 1. The standard InChI is InChI=1S/C18H23BFN3/c1-12-10-14(3)22-17(12)16(5)18-13(2)11-15(4)23(18)19(20)8-6-7-9-21/h10-11H,7,9,21H2,1-5H3/b17-16-. The minimum absolute atomic E-state index is 0.442. The van der Waals surface area contributed by atoms with E-state index in [1.807, 2.05) is 46.8 Å². The Bertz CT molecular complexity index is 772. The van der Waals surface area contributed by atoms with Crippen LogP contribution in [0.3, 0.4) is 0 Å². The van der Waals surface area contributed by atoms with E-state index in [0.717, 1.165) is 39.5 Å². The van der Waals surface area contributed by atoms with Crippen LogP contribution in [0, 0.1) is 25.6 Å². The van der Waals surface area contributed by atoms with Gasteiger partial charge >= 0.3 is 7.12 Å². The summed E-state index contributed by atoms with van der Waals surface area (Å²) in [6.45, 7) is 10.3. The van der Waals surface area contributed by atoms with Crippen molar-refractivity contribution >= 4 is 18.4 Å². The van der Waals surface area contributed by atoms with Gasteiger partial charge in [-0.3, -0.25) is 9.31 Å². The summed E-state index contributed by atoms with van der Waals surface area (Å²) >= 11 is 0. The number of halogens is 1. The SMILES string of the molecule is CC1=CC(C)=N/C1=C(/C)c1c(C)cc(C)n1B(F)C#CCCN. The lowest BCUT2D eigenvalue weighted by atomic mass is 9.86. The molecule has 0 saturated carbocycles. The van der Waals surface area contributed by atoms with Gasteiger partial charge in [0, 0.05) is 30.1 Å². The van der Waals surface area contributed by atoms with Crippen molar-refractivity contribution in [1.29, 1.82) is 0 Å². The number of aliphatic imine (C=N–C) groups is 1. The Balaban J connectivity index is 2.55. The van der Waals surface area contributed by atoms with Gasteiger partial charge in [0.1, 0.15) is 0 Å². The summed E-state index contributed by atoms with van der Waals surface area (Å²) in [7, 11) is -1.38. The highest BCUT2D eigenvalue weighted by molar-refractivity contribution is 6.59. The van der Waals surface area contributed by atoms with E-state index in [1.54, 1.807) is 4.48 Å². The number of hydrogen-bond acceptors (Lipinski definition) is 2. The van der Waals surface area contributed by atoms with Gasteiger partial charge in [-0.1, -0.05) is 5.82 Å². The number of aryl methyl sites for hydroxylation is 2. The molecule has 0 aromatic carbocycles. The molecule has 0 bridgehead atoms. The first-order valence-corrected chi connectivity index (χ1v) is 7.83. The van der Waals surface area contributed by atoms with E-state index in [0.29, 0.717) is 13.0 Å². The molecule has 1 aliphatic rings. The molecule has 2 rings (SSSR count). The lowest BCUT2D eigenvalue weighted by Gasteiger charge is -2.13. The Labute approximate surface area is 138 Å². The largest absolute Gasteiger partial charge is 0.551 e. The van der Waals surface area contributed by atoms with Gasteiger partial charge in [-0.05, 0) is 63.5 Å². The van der Waals surface area contributed by atoms with Crippen molar-refractivity contribution in [2.45, 2.75) is 41.0 Å². The van der Waals surface area contributed by atoms with E-state index in [4.69, 9.17) is 5.73 Å². The van der Waals surface area contributed by atoms with Crippen molar-refractivity contribution in [3.05, 3.63) is 40.4 Å². The Morgan fingerprint density at radius 1 is 1.35 bits per heavy atom. The highest BCUT2D eigenvalue weighted by Gasteiger charge is 2.24. The monoisotopic (exact) mass is 311 g/mol. The first kappa shape index (κ1) is 17.3. The zero-order valence-corrected chi connectivity index (χ0v) is 14.5. The van der Waals surface area contributed by atoms with Crippen molar-refractivity contribution in [2.24, 2.45) is 10.7 Å². The van der Waals surface area contributed by atoms with Crippen molar-refractivity contribution in [2.75, 3.05) is 6.54 Å². The molecule has 0 fully saturated rings. The molecule has 120 valence electrons. The van der Waals surface area contributed by atoms with Crippen LogP contribution in [-0.2, 0) is 0 Å². The Kier molecular flexibility index (Phi) is 5.28. The van der Waals surface area contributed by atoms with Crippen LogP contribution in [0.5, 0.6) is 0 Å². The molecule has 2 N–H and O–H groups in total. The number of nitrogens with zero attached hydrogens (tertiary/aromatic N) is 2. The molecular weight excluding hydrogens is 288 g/mol. The van der Waals surface area contributed by atoms with Gasteiger partial charge in [0.25, 0.3) is 0 Å². The van der Waals surface area contributed by atoms with E-state index in [9.17, 15) is 4.32 Å². The van der Waals surface area contributed by atoms with Gasteiger partial charge in [0.2, 0.25) is 0 Å². The second-order valence-electron chi connectivity index (χ2n) is 5.94. The van der Waals surface area contributed by atoms with Crippen LogP contribution >= 0.6 is 0 Å². The van der Waals surface area contributed by atoms with Gasteiger partial charge in [0.15, 0.2) is 0 Å². The number of allylic oxidation sites excluding steroid dienone is 3. The summed E-state index contributed by atoms with van der Waals surface area (Å²) in [6, 6.07) is 1.99. The molecular formula is C18H23BFN3. The quantitative estimate of drug-likeness (QED) is 0.674. The summed E-state index contributed by atoms with van der Waals surface area (Å²) < 4.78 is 16.3. The van der Waals surface area contributed by atoms with Crippen molar-refractivity contribution in [1.82, 2.24) is 4.48 Å². The van der Waals surface area contributed by atoms with E-state index in [-0.39, 0.29) is 0 Å². The van der Waals surface area contributed by atoms with Crippen LogP contribution in [0.2, 0.25) is 0 Å². The normalized spacial score (nSPS) is 15.8. The van der Waals surface area contributed by atoms with Gasteiger partial charge in [0.05, 0.1) is 5.70 Å². The van der Waals surface area contributed by atoms with E-state index >= 15 is 0 Å². The maximum absolute atomic E-state index is 14.7. The minimum atomic E-state index is -1.38. The number of aromatic nitrogens is 1. The van der Waals surface area contributed by atoms with Crippen LogP contribution in [-0.4, -0.2) is 23.9 Å². The van der Waals surface area contributed by atoms with Crippen molar-refractivity contribution < 1.29 is 4.32 Å². The molecule has 1 aliphatic heterocycles. The molecule has 0 amide bonds. The number of nitrogens with two attached hydrogens (primary N) is 1. The van der Waals surface area contributed by atoms with Gasteiger partial charge in [-0.25, -0.2) is 0 Å². The Morgan fingerprint density at radius 3 is 2.61 bits per heavy atom. The molecule has 2 heterocycles. The Hall–Kier alpha value is -2.06. The van der Waals surface area contributed by atoms with Gasteiger partial charge < -0.3 is 10.2 Å². The fourth-order valence-electron chi connectivity index (χ4n) is 3.05. The topological polar surface area (TPSA) is 43.3 Å². The fourth-order valence-corrected chi connectivity index (χ4v) is 3.05. The highest BCUT2D eigenvalue weighted by Crippen LogP contribution is 2.31. The van der Waals surface area contributed by atoms with Crippen LogP contribution in [0.4, 0.5) is 4.32 Å². The summed E-state index contributed by atoms with van der Waals surface area (Å²) in [5, 5.41) is 0. The summed E-state index contributed by atoms with van der Waals surface area (Å²) in [4.78, 5) is 4.59.